The first kappa shape index (κ1) is 32.0. The number of carbonyl (C=O) groups is 2. The molecule has 0 spiro atoms. The van der Waals surface area contributed by atoms with E-state index in [0.717, 1.165) is 44.9 Å². The number of phosphoric ester groups is 1. The minimum atomic E-state index is -4.37. The number of aliphatic hydroxyl groups excluding tert-OH is 1. The molecule has 196 valence electrons. The molecule has 9 nitrogen and oxygen atoms in total. The highest BCUT2D eigenvalue weighted by molar-refractivity contribution is 7.47. The molecule has 0 saturated heterocycles. The first-order chi connectivity index (χ1) is 15.8. The van der Waals surface area contributed by atoms with E-state index >= 15 is 0 Å². The van der Waals surface area contributed by atoms with Gasteiger partial charge in [0.1, 0.15) is 12.7 Å². The lowest BCUT2D eigenvalue weighted by molar-refractivity contribution is -0.147. The van der Waals surface area contributed by atoms with E-state index in [1.165, 1.54) is 32.1 Å². The van der Waals surface area contributed by atoms with Crippen LogP contribution in [0.25, 0.3) is 0 Å². The van der Waals surface area contributed by atoms with Gasteiger partial charge in [0.2, 0.25) is 5.91 Å². The molecule has 0 rings (SSSR count). The second-order valence-corrected chi connectivity index (χ2v) is 9.77. The first-order valence-corrected chi connectivity index (χ1v) is 14.0. The first-order valence-electron chi connectivity index (χ1n) is 12.5. The maximum Gasteiger partial charge on any atom is 0.472 e. The van der Waals surface area contributed by atoms with Gasteiger partial charge < -0.3 is 20.1 Å². The van der Waals surface area contributed by atoms with Crippen LogP contribution in [0.1, 0.15) is 104 Å². The van der Waals surface area contributed by atoms with Crippen LogP contribution < -0.4 is 5.32 Å². The summed E-state index contributed by atoms with van der Waals surface area (Å²) in [5, 5.41) is 12.4. The van der Waals surface area contributed by atoms with Gasteiger partial charge in [-0.1, -0.05) is 78.1 Å². The minimum Gasteiger partial charge on any atom is -0.463 e. The van der Waals surface area contributed by atoms with Gasteiger partial charge in [-0.25, -0.2) is 4.57 Å². The average molecular weight is 496 g/mol. The number of rotatable bonds is 23. The van der Waals surface area contributed by atoms with Crippen LogP contribution in [0.5, 0.6) is 0 Å². The zero-order chi connectivity index (χ0) is 24.8. The molecule has 0 aromatic carbocycles. The summed E-state index contributed by atoms with van der Waals surface area (Å²) < 4.78 is 26.3. The summed E-state index contributed by atoms with van der Waals surface area (Å²) in [4.78, 5) is 32.9. The second kappa shape index (κ2) is 21.5. The van der Waals surface area contributed by atoms with E-state index in [2.05, 4.69) is 19.2 Å². The number of amides is 1. The van der Waals surface area contributed by atoms with Crippen molar-refractivity contribution in [1.82, 2.24) is 5.32 Å². The van der Waals surface area contributed by atoms with E-state index < -0.39 is 26.5 Å². The van der Waals surface area contributed by atoms with Crippen LogP contribution in [0.4, 0.5) is 0 Å². The van der Waals surface area contributed by atoms with Crippen LogP contribution in [0, 0.1) is 0 Å². The molecule has 0 bridgehead atoms. The van der Waals surface area contributed by atoms with Gasteiger partial charge in [0, 0.05) is 19.4 Å². The van der Waals surface area contributed by atoms with Gasteiger partial charge in [0.05, 0.1) is 13.2 Å². The fourth-order valence-electron chi connectivity index (χ4n) is 3.08. The van der Waals surface area contributed by atoms with Crippen molar-refractivity contribution in [1.29, 1.82) is 0 Å². The lowest BCUT2D eigenvalue weighted by Crippen LogP contribution is -2.27. The third-order valence-corrected chi connectivity index (χ3v) is 6.02. The Balaban J connectivity index is 3.72. The Labute approximate surface area is 199 Å². The van der Waals surface area contributed by atoms with Gasteiger partial charge in [-0.2, -0.15) is 0 Å². The van der Waals surface area contributed by atoms with Crippen molar-refractivity contribution in [3.05, 3.63) is 0 Å². The average Bonchev–Trinajstić information content (AvgIpc) is 2.78. The Morgan fingerprint density at radius 2 is 1.36 bits per heavy atom. The predicted octanol–water partition coefficient (Wildman–Crippen LogP) is 4.64. The fraction of sp³-hybridized carbons (Fsp3) is 0.913. The lowest BCUT2D eigenvalue weighted by atomic mass is 10.1. The number of unbranched alkanes of at least 4 members (excludes halogenated alkanes) is 10. The van der Waals surface area contributed by atoms with E-state index in [4.69, 9.17) is 13.8 Å². The lowest BCUT2D eigenvalue weighted by Gasteiger charge is -2.15. The molecule has 0 aliphatic rings. The van der Waals surface area contributed by atoms with E-state index in [1.54, 1.807) is 0 Å². The molecule has 0 aliphatic heterocycles. The molecule has 0 aromatic rings. The van der Waals surface area contributed by atoms with Crippen molar-refractivity contribution in [2.75, 3.05) is 26.4 Å². The normalized spacial score (nSPS) is 13.9. The highest BCUT2D eigenvalue weighted by atomic mass is 31.2. The van der Waals surface area contributed by atoms with Crippen LogP contribution in [-0.4, -0.2) is 54.3 Å². The standard InChI is InChI=1S/C23H46NO8P/c1-3-5-7-9-10-11-12-14-16-23(27)30-19-21(25)20-32-33(28,29)31-18-17-24-22(26)15-13-8-6-4-2/h21,25H,3-20H2,1-2H3,(H,24,26)(H,28,29). The largest absolute Gasteiger partial charge is 0.472 e. The summed E-state index contributed by atoms with van der Waals surface area (Å²) in [6.45, 7) is 3.34. The number of carbonyl (C=O) groups excluding carboxylic acids is 2. The van der Waals surface area contributed by atoms with Crippen molar-refractivity contribution in [2.45, 2.75) is 110 Å². The summed E-state index contributed by atoms with van der Waals surface area (Å²) in [7, 11) is -4.37. The Bertz CT molecular complexity index is 547. The maximum atomic E-state index is 11.8. The summed E-state index contributed by atoms with van der Waals surface area (Å²) in [6.07, 6.45) is 12.4. The molecular formula is C23H46NO8P. The second-order valence-electron chi connectivity index (χ2n) is 8.32. The Hall–Kier alpha value is -0.990. The molecular weight excluding hydrogens is 449 g/mol. The Morgan fingerprint density at radius 3 is 2.00 bits per heavy atom. The van der Waals surface area contributed by atoms with Crippen LogP contribution >= 0.6 is 7.82 Å². The number of aliphatic hydroxyl groups is 1. The van der Waals surface area contributed by atoms with E-state index in [9.17, 15) is 24.2 Å². The summed E-state index contributed by atoms with van der Waals surface area (Å²) in [6, 6.07) is 0. The molecule has 0 fully saturated rings. The molecule has 33 heavy (non-hydrogen) atoms. The SMILES string of the molecule is CCCCCCCCCCC(=O)OCC(O)COP(=O)(O)OCCNC(=O)CCCCCC. The van der Waals surface area contributed by atoms with Gasteiger partial charge in [-0.15, -0.1) is 0 Å². The van der Waals surface area contributed by atoms with E-state index in [1.807, 2.05) is 0 Å². The van der Waals surface area contributed by atoms with Crippen LogP contribution in [0.15, 0.2) is 0 Å². The zero-order valence-corrected chi connectivity index (χ0v) is 21.5. The quantitative estimate of drug-likeness (QED) is 0.106. The highest BCUT2D eigenvalue weighted by Gasteiger charge is 2.23. The smallest absolute Gasteiger partial charge is 0.463 e. The van der Waals surface area contributed by atoms with Gasteiger partial charge >= 0.3 is 13.8 Å². The van der Waals surface area contributed by atoms with Crippen molar-refractivity contribution in [2.24, 2.45) is 0 Å². The van der Waals surface area contributed by atoms with Crippen LogP contribution in [0.2, 0.25) is 0 Å². The molecule has 0 aliphatic carbocycles. The highest BCUT2D eigenvalue weighted by Crippen LogP contribution is 2.42. The Morgan fingerprint density at radius 1 is 0.818 bits per heavy atom. The molecule has 2 atom stereocenters. The third-order valence-electron chi connectivity index (χ3n) is 5.04. The van der Waals surface area contributed by atoms with Crippen LogP contribution in [0.3, 0.4) is 0 Å². The van der Waals surface area contributed by atoms with Crippen molar-refractivity contribution in [3.63, 3.8) is 0 Å². The summed E-state index contributed by atoms with van der Waals surface area (Å²) in [5.74, 6) is -0.540. The molecule has 2 unspecified atom stereocenters. The third kappa shape index (κ3) is 22.6. The van der Waals surface area contributed by atoms with Crippen molar-refractivity contribution < 1.29 is 37.9 Å². The predicted molar refractivity (Wildman–Crippen MR) is 128 cm³/mol. The molecule has 0 saturated carbocycles. The number of nitrogens with one attached hydrogen (secondary N) is 1. The number of esters is 1. The van der Waals surface area contributed by atoms with Gasteiger partial charge in [-0.3, -0.25) is 18.6 Å². The molecule has 3 N–H and O–H groups in total. The number of hydrogen-bond acceptors (Lipinski definition) is 7. The zero-order valence-electron chi connectivity index (χ0n) is 20.6. The van der Waals surface area contributed by atoms with Gasteiger partial charge in [0.15, 0.2) is 0 Å². The molecule has 0 radical (unpaired) electrons. The molecule has 1 amide bonds. The van der Waals surface area contributed by atoms with Crippen molar-refractivity contribution >= 4 is 19.7 Å². The molecule has 0 heterocycles. The minimum absolute atomic E-state index is 0.0828. The summed E-state index contributed by atoms with van der Waals surface area (Å²) in [5.41, 5.74) is 0. The monoisotopic (exact) mass is 495 g/mol. The molecule has 0 aromatic heterocycles. The van der Waals surface area contributed by atoms with E-state index in [-0.39, 0.29) is 32.1 Å². The molecule has 10 heteroatoms. The Kier molecular flexibility index (Phi) is 20.9. The van der Waals surface area contributed by atoms with Crippen molar-refractivity contribution in [3.8, 4) is 0 Å². The van der Waals surface area contributed by atoms with E-state index in [0.29, 0.717) is 6.42 Å². The topological polar surface area (TPSA) is 131 Å². The number of hydrogen-bond donors (Lipinski definition) is 3. The van der Waals surface area contributed by atoms with Gasteiger partial charge in [0.25, 0.3) is 0 Å². The number of phosphoric acid groups is 1. The maximum absolute atomic E-state index is 11.8. The van der Waals surface area contributed by atoms with Gasteiger partial charge in [-0.05, 0) is 12.8 Å². The number of ether oxygens (including phenoxy) is 1. The summed E-state index contributed by atoms with van der Waals surface area (Å²) >= 11 is 0. The fourth-order valence-corrected chi connectivity index (χ4v) is 3.84. The van der Waals surface area contributed by atoms with Crippen LogP contribution in [-0.2, 0) is 27.9 Å².